The van der Waals surface area contributed by atoms with Gasteiger partial charge in [0.2, 0.25) is 11.8 Å². The highest BCUT2D eigenvalue weighted by Crippen LogP contribution is 2.40. The zero-order chi connectivity index (χ0) is 21.5. The summed E-state index contributed by atoms with van der Waals surface area (Å²) >= 11 is 0. The van der Waals surface area contributed by atoms with Gasteiger partial charge in [0.15, 0.2) is 11.6 Å². The molecule has 0 saturated carbocycles. The molecule has 1 N–H and O–H groups in total. The molecule has 7 heteroatoms. The first-order chi connectivity index (χ1) is 13.5. The van der Waals surface area contributed by atoms with Crippen molar-refractivity contribution < 1.29 is 14.1 Å². The van der Waals surface area contributed by atoms with Crippen LogP contribution in [0.1, 0.15) is 99.1 Å². The fourth-order valence-corrected chi connectivity index (χ4v) is 4.38. The summed E-state index contributed by atoms with van der Waals surface area (Å²) in [4.78, 5) is 30.1. The molecule has 0 radical (unpaired) electrons. The van der Waals surface area contributed by atoms with Crippen LogP contribution in [0.2, 0.25) is 0 Å². The summed E-state index contributed by atoms with van der Waals surface area (Å²) in [5.41, 5.74) is 3.61. The Kier molecular flexibility index (Phi) is 5.70. The Bertz CT molecular complexity index is 936. The first kappa shape index (κ1) is 21.3. The number of nitrogens with zero attached hydrogens (tertiary/aromatic N) is 3. The SMILES string of the molecule is CCc1noc(C(C)NC(=O)Cc2c3c(n(C(C)C)c2C)CC(C)(C)CC3=O)n1. The Balaban J connectivity index is 1.87. The largest absolute Gasteiger partial charge is 0.345 e. The first-order valence-electron chi connectivity index (χ1n) is 10.4. The van der Waals surface area contributed by atoms with Crippen LogP contribution in [0, 0.1) is 12.3 Å². The van der Waals surface area contributed by atoms with Gasteiger partial charge < -0.3 is 14.4 Å². The summed E-state index contributed by atoms with van der Waals surface area (Å²) in [6.07, 6.45) is 2.19. The Hall–Kier alpha value is -2.44. The molecule has 2 aromatic heterocycles. The van der Waals surface area contributed by atoms with E-state index in [4.69, 9.17) is 4.52 Å². The van der Waals surface area contributed by atoms with E-state index in [0.29, 0.717) is 24.6 Å². The predicted molar refractivity (Wildman–Crippen MR) is 110 cm³/mol. The van der Waals surface area contributed by atoms with Crippen LogP contribution in [0.3, 0.4) is 0 Å². The van der Waals surface area contributed by atoms with E-state index in [0.717, 1.165) is 28.9 Å². The average Bonchev–Trinajstić information content (AvgIpc) is 3.17. The normalized spacial score (nSPS) is 16.8. The highest BCUT2D eigenvalue weighted by atomic mass is 16.5. The number of amides is 1. The molecule has 1 amide bonds. The van der Waals surface area contributed by atoms with Gasteiger partial charge in [0.1, 0.15) is 6.04 Å². The number of ketones is 1. The molecule has 3 rings (SSSR count). The second-order valence-electron chi connectivity index (χ2n) is 9.16. The maximum Gasteiger partial charge on any atom is 0.248 e. The molecule has 0 aliphatic heterocycles. The predicted octanol–water partition coefficient (Wildman–Crippen LogP) is 3.90. The quantitative estimate of drug-likeness (QED) is 0.794. The lowest BCUT2D eigenvalue weighted by atomic mass is 9.75. The van der Waals surface area contributed by atoms with E-state index in [2.05, 4.69) is 47.7 Å². The van der Waals surface area contributed by atoms with Gasteiger partial charge in [-0.25, -0.2) is 0 Å². The molecule has 1 aliphatic carbocycles. The van der Waals surface area contributed by atoms with Crippen LogP contribution >= 0.6 is 0 Å². The van der Waals surface area contributed by atoms with Gasteiger partial charge in [0, 0.05) is 35.8 Å². The fraction of sp³-hybridized carbons (Fsp3) is 0.636. The van der Waals surface area contributed by atoms with Crippen molar-refractivity contribution >= 4 is 11.7 Å². The third-order valence-corrected chi connectivity index (χ3v) is 5.64. The van der Waals surface area contributed by atoms with Gasteiger partial charge in [0.05, 0.1) is 6.42 Å². The maximum absolute atomic E-state index is 13.0. The number of carbonyl (C=O) groups excluding carboxylic acids is 2. The number of rotatable bonds is 6. The molecule has 1 atom stereocenters. The topological polar surface area (TPSA) is 90.0 Å². The zero-order valence-electron chi connectivity index (χ0n) is 18.5. The van der Waals surface area contributed by atoms with Gasteiger partial charge in [-0.2, -0.15) is 4.98 Å². The van der Waals surface area contributed by atoms with Crippen molar-refractivity contribution in [1.29, 1.82) is 0 Å². The lowest BCUT2D eigenvalue weighted by Crippen LogP contribution is -2.30. The van der Waals surface area contributed by atoms with Crippen LogP contribution in [0.4, 0.5) is 0 Å². The molecule has 0 aromatic carbocycles. The van der Waals surface area contributed by atoms with E-state index < -0.39 is 0 Å². The van der Waals surface area contributed by atoms with Crippen LogP contribution in [0.5, 0.6) is 0 Å². The minimum absolute atomic E-state index is 0.0650. The molecule has 29 heavy (non-hydrogen) atoms. The molecule has 1 unspecified atom stereocenters. The van der Waals surface area contributed by atoms with Crippen molar-refractivity contribution in [2.75, 3.05) is 0 Å². The Morgan fingerprint density at radius 1 is 1.28 bits per heavy atom. The number of fused-ring (bicyclic) bond motifs is 1. The van der Waals surface area contributed by atoms with E-state index in [-0.39, 0.29) is 35.6 Å². The molecule has 0 fully saturated rings. The maximum atomic E-state index is 13.0. The number of Topliss-reactive ketones (excluding diaryl/α,β-unsaturated/α-hetero) is 1. The molecule has 0 spiro atoms. The third kappa shape index (κ3) is 4.14. The molecular weight excluding hydrogens is 368 g/mol. The molecule has 7 nitrogen and oxygen atoms in total. The number of aromatic nitrogens is 3. The van der Waals surface area contributed by atoms with Gasteiger partial charge in [-0.3, -0.25) is 9.59 Å². The van der Waals surface area contributed by atoms with Crippen molar-refractivity contribution in [2.45, 2.75) is 86.2 Å². The van der Waals surface area contributed by atoms with E-state index >= 15 is 0 Å². The van der Waals surface area contributed by atoms with Gasteiger partial charge in [0.25, 0.3) is 0 Å². The van der Waals surface area contributed by atoms with Gasteiger partial charge in [-0.15, -0.1) is 0 Å². The number of hydrogen-bond donors (Lipinski definition) is 1. The summed E-state index contributed by atoms with van der Waals surface area (Å²) in [6, 6.07) is -0.153. The highest BCUT2D eigenvalue weighted by Gasteiger charge is 2.37. The van der Waals surface area contributed by atoms with Crippen molar-refractivity contribution in [3.05, 3.63) is 34.2 Å². The Morgan fingerprint density at radius 2 is 1.97 bits per heavy atom. The van der Waals surface area contributed by atoms with Crippen molar-refractivity contribution in [2.24, 2.45) is 5.41 Å². The van der Waals surface area contributed by atoms with Crippen LogP contribution in [-0.2, 0) is 24.1 Å². The smallest absolute Gasteiger partial charge is 0.248 e. The van der Waals surface area contributed by atoms with E-state index in [1.165, 1.54) is 0 Å². The van der Waals surface area contributed by atoms with Crippen LogP contribution in [0.15, 0.2) is 4.52 Å². The standard InChI is InChI=1S/C22H32N4O3/c1-8-18-24-21(29-25-18)13(4)23-19(28)9-15-14(5)26(12(2)3)16-10-22(6,7)11-17(27)20(15)16/h12-13H,8-11H2,1-7H3,(H,23,28). The lowest BCUT2D eigenvalue weighted by Gasteiger charge is -2.31. The van der Waals surface area contributed by atoms with E-state index in [1.54, 1.807) is 0 Å². The Morgan fingerprint density at radius 3 is 2.55 bits per heavy atom. The molecule has 2 heterocycles. The van der Waals surface area contributed by atoms with Crippen LogP contribution in [-0.4, -0.2) is 26.4 Å². The van der Waals surface area contributed by atoms with Crippen molar-refractivity contribution in [3.8, 4) is 0 Å². The summed E-state index contributed by atoms with van der Waals surface area (Å²) in [6.45, 7) is 14.3. The molecule has 158 valence electrons. The van der Waals surface area contributed by atoms with E-state index in [9.17, 15) is 9.59 Å². The zero-order valence-corrected chi connectivity index (χ0v) is 18.5. The summed E-state index contributed by atoms with van der Waals surface area (Å²) < 4.78 is 7.45. The second kappa shape index (κ2) is 7.76. The van der Waals surface area contributed by atoms with Crippen LogP contribution in [0.25, 0.3) is 0 Å². The summed E-state index contributed by atoms with van der Waals surface area (Å²) in [7, 11) is 0. The summed E-state index contributed by atoms with van der Waals surface area (Å²) in [5, 5.41) is 6.81. The average molecular weight is 401 g/mol. The summed E-state index contributed by atoms with van der Waals surface area (Å²) in [5.74, 6) is 0.997. The number of carbonyl (C=O) groups is 2. The highest BCUT2D eigenvalue weighted by molar-refractivity contribution is 6.01. The van der Waals surface area contributed by atoms with E-state index in [1.807, 2.05) is 20.8 Å². The minimum atomic E-state index is -0.381. The number of hydrogen-bond acceptors (Lipinski definition) is 5. The van der Waals surface area contributed by atoms with Crippen molar-refractivity contribution in [3.63, 3.8) is 0 Å². The van der Waals surface area contributed by atoms with Gasteiger partial charge in [-0.05, 0) is 45.1 Å². The Labute approximate surface area is 172 Å². The first-order valence-corrected chi connectivity index (χ1v) is 10.4. The van der Waals surface area contributed by atoms with Gasteiger partial charge >= 0.3 is 0 Å². The van der Waals surface area contributed by atoms with Crippen LogP contribution < -0.4 is 5.32 Å². The van der Waals surface area contributed by atoms with Gasteiger partial charge in [-0.1, -0.05) is 25.9 Å². The minimum Gasteiger partial charge on any atom is -0.345 e. The monoisotopic (exact) mass is 400 g/mol. The lowest BCUT2D eigenvalue weighted by molar-refractivity contribution is -0.121. The molecule has 1 aliphatic rings. The number of nitrogens with one attached hydrogen (secondary N) is 1. The third-order valence-electron chi connectivity index (χ3n) is 5.64. The fourth-order valence-electron chi connectivity index (χ4n) is 4.38. The molecular formula is C22H32N4O3. The molecule has 0 bridgehead atoms. The number of aryl methyl sites for hydroxylation is 1. The molecule has 0 saturated heterocycles. The van der Waals surface area contributed by atoms with Crippen molar-refractivity contribution in [1.82, 2.24) is 20.0 Å². The molecule has 2 aromatic rings. The second-order valence-corrected chi connectivity index (χ2v) is 9.16.